The van der Waals surface area contributed by atoms with E-state index in [0.29, 0.717) is 25.7 Å². The SMILES string of the molecule is NC(=O)CCCCC(=O)N([C@@H]1CCc2ccccc21)[C@@H]1CCc2ccccc21. The highest BCUT2D eigenvalue weighted by molar-refractivity contribution is 5.78. The lowest BCUT2D eigenvalue weighted by atomic mass is 10.00. The number of nitrogens with two attached hydrogens (primary N) is 1. The molecule has 4 nitrogen and oxygen atoms in total. The lowest BCUT2D eigenvalue weighted by Crippen LogP contribution is -2.36. The molecule has 0 bridgehead atoms. The van der Waals surface area contributed by atoms with Crippen molar-refractivity contribution in [3.05, 3.63) is 70.8 Å². The summed E-state index contributed by atoms with van der Waals surface area (Å²) in [6, 6.07) is 17.4. The van der Waals surface area contributed by atoms with Crippen LogP contribution in [-0.2, 0) is 22.4 Å². The number of benzene rings is 2. The highest BCUT2D eigenvalue weighted by Crippen LogP contribution is 2.45. The largest absolute Gasteiger partial charge is 0.370 e. The monoisotopic (exact) mass is 376 g/mol. The van der Waals surface area contributed by atoms with Crippen LogP contribution in [-0.4, -0.2) is 16.7 Å². The number of hydrogen-bond acceptors (Lipinski definition) is 2. The Balaban J connectivity index is 1.59. The van der Waals surface area contributed by atoms with Crippen LogP contribution in [0.2, 0.25) is 0 Å². The van der Waals surface area contributed by atoms with Gasteiger partial charge >= 0.3 is 0 Å². The zero-order valence-electron chi connectivity index (χ0n) is 16.3. The van der Waals surface area contributed by atoms with Gasteiger partial charge in [-0.2, -0.15) is 0 Å². The molecule has 0 spiro atoms. The average molecular weight is 377 g/mol. The van der Waals surface area contributed by atoms with Crippen molar-refractivity contribution >= 4 is 11.8 Å². The molecular weight excluding hydrogens is 348 g/mol. The third-order valence-corrected chi connectivity index (χ3v) is 6.23. The van der Waals surface area contributed by atoms with Gasteiger partial charge in [0.15, 0.2) is 0 Å². The van der Waals surface area contributed by atoms with Gasteiger partial charge < -0.3 is 10.6 Å². The molecular formula is C24H28N2O2. The molecule has 4 rings (SSSR count). The zero-order valence-corrected chi connectivity index (χ0v) is 16.3. The number of primary amides is 1. The van der Waals surface area contributed by atoms with Gasteiger partial charge in [-0.1, -0.05) is 48.5 Å². The van der Waals surface area contributed by atoms with Crippen molar-refractivity contribution in [1.29, 1.82) is 0 Å². The van der Waals surface area contributed by atoms with Crippen LogP contribution in [0, 0.1) is 0 Å². The zero-order chi connectivity index (χ0) is 19.5. The normalized spacial score (nSPS) is 19.9. The lowest BCUT2D eigenvalue weighted by molar-refractivity contribution is -0.137. The molecule has 2 aliphatic carbocycles. The first-order valence-electron chi connectivity index (χ1n) is 10.4. The summed E-state index contributed by atoms with van der Waals surface area (Å²) in [4.78, 5) is 26.6. The lowest BCUT2D eigenvalue weighted by Gasteiger charge is -2.36. The Morgan fingerprint density at radius 2 is 1.32 bits per heavy atom. The van der Waals surface area contributed by atoms with Crippen molar-refractivity contribution in [3.8, 4) is 0 Å². The van der Waals surface area contributed by atoms with E-state index in [1.807, 2.05) is 0 Å². The van der Waals surface area contributed by atoms with Crippen LogP contribution < -0.4 is 5.73 Å². The van der Waals surface area contributed by atoms with Crippen LogP contribution in [0.15, 0.2) is 48.5 Å². The first-order chi connectivity index (χ1) is 13.6. The summed E-state index contributed by atoms with van der Waals surface area (Å²) in [6.45, 7) is 0. The summed E-state index contributed by atoms with van der Waals surface area (Å²) in [6.07, 6.45) is 6.26. The van der Waals surface area contributed by atoms with Crippen molar-refractivity contribution in [1.82, 2.24) is 4.90 Å². The van der Waals surface area contributed by atoms with Gasteiger partial charge in [0.05, 0.1) is 12.1 Å². The number of aryl methyl sites for hydroxylation is 2. The van der Waals surface area contributed by atoms with Gasteiger partial charge in [-0.3, -0.25) is 9.59 Å². The maximum absolute atomic E-state index is 13.4. The minimum absolute atomic E-state index is 0.149. The van der Waals surface area contributed by atoms with Gasteiger partial charge in [-0.05, 0) is 60.8 Å². The molecule has 4 heteroatoms. The van der Waals surface area contributed by atoms with Crippen molar-refractivity contribution in [2.75, 3.05) is 0 Å². The molecule has 0 saturated heterocycles. The second kappa shape index (κ2) is 8.17. The molecule has 0 saturated carbocycles. The summed E-state index contributed by atoms with van der Waals surface area (Å²) in [5.74, 6) is -0.0911. The summed E-state index contributed by atoms with van der Waals surface area (Å²) in [5.41, 5.74) is 10.6. The Morgan fingerprint density at radius 3 is 1.86 bits per heavy atom. The average Bonchev–Trinajstić information content (AvgIpc) is 3.31. The molecule has 2 atom stereocenters. The Hall–Kier alpha value is -2.62. The molecule has 0 unspecified atom stereocenters. The minimum Gasteiger partial charge on any atom is -0.370 e. The predicted octanol–water partition coefficient (Wildman–Crippen LogP) is 4.24. The molecule has 0 aromatic heterocycles. The fraction of sp³-hybridized carbons (Fsp3) is 0.417. The fourth-order valence-corrected chi connectivity index (χ4v) is 4.92. The number of unbranched alkanes of at least 4 members (excludes halogenated alkanes) is 1. The predicted molar refractivity (Wildman–Crippen MR) is 110 cm³/mol. The molecule has 0 aliphatic heterocycles. The van der Waals surface area contributed by atoms with Crippen LogP contribution in [0.1, 0.15) is 72.9 Å². The van der Waals surface area contributed by atoms with E-state index in [9.17, 15) is 9.59 Å². The van der Waals surface area contributed by atoms with E-state index in [2.05, 4.69) is 53.4 Å². The Morgan fingerprint density at radius 1 is 0.821 bits per heavy atom. The van der Waals surface area contributed by atoms with Crippen LogP contribution in [0.4, 0.5) is 0 Å². The Kier molecular flexibility index (Phi) is 5.47. The number of fused-ring (bicyclic) bond motifs is 2. The minimum atomic E-state index is -0.293. The van der Waals surface area contributed by atoms with Gasteiger partial charge in [0, 0.05) is 12.8 Å². The molecule has 146 valence electrons. The first kappa shape index (κ1) is 18.7. The van der Waals surface area contributed by atoms with Gasteiger partial charge in [-0.15, -0.1) is 0 Å². The molecule has 2 aromatic carbocycles. The van der Waals surface area contributed by atoms with E-state index in [-0.39, 0.29) is 23.9 Å². The van der Waals surface area contributed by atoms with Crippen molar-refractivity contribution in [3.63, 3.8) is 0 Å². The quantitative estimate of drug-likeness (QED) is 0.735. The fourth-order valence-electron chi connectivity index (χ4n) is 4.92. The summed E-state index contributed by atoms with van der Waals surface area (Å²) in [5, 5.41) is 0. The Bertz CT molecular complexity index is 821. The molecule has 0 radical (unpaired) electrons. The highest BCUT2D eigenvalue weighted by atomic mass is 16.2. The van der Waals surface area contributed by atoms with Crippen molar-refractivity contribution < 1.29 is 9.59 Å². The smallest absolute Gasteiger partial charge is 0.223 e. The molecule has 2 aromatic rings. The standard InChI is InChI=1S/C24H28N2O2/c25-23(27)11-5-6-12-24(28)26(21-15-13-17-7-1-3-9-19(17)21)22-16-14-18-8-2-4-10-20(18)22/h1-4,7-10,21-22H,5-6,11-16H2,(H2,25,27)/t21-,22-/m1/s1. The molecule has 0 fully saturated rings. The summed E-state index contributed by atoms with van der Waals surface area (Å²) in [7, 11) is 0. The van der Waals surface area contributed by atoms with E-state index in [4.69, 9.17) is 5.73 Å². The number of carbonyl (C=O) groups is 2. The number of carbonyl (C=O) groups excluding carboxylic acids is 2. The molecule has 2 N–H and O–H groups in total. The maximum atomic E-state index is 13.4. The molecule has 28 heavy (non-hydrogen) atoms. The van der Waals surface area contributed by atoms with E-state index in [1.54, 1.807) is 0 Å². The number of amides is 2. The highest BCUT2D eigenvalue weighted by Gasteiger charge is 2.38. The Labute approximate surface area is 166 Å². The van der Waals surface area contributed by atoms with Crippen LogP contribution in [0.5, 0.6) is 0 Å². The molecule has 0 heterocycles. The van der Waals surface area contributed by atoms with Crippen LogP contribution >= 0.6 is 0 Å². The van der Waals surface area contributed by atoms with Crippen molar-refractivity contribution in [2.24, 2.45) is 5.73 Å². The number of hydrogen-bond donors (Lipinski definition) is 1. The third-order valence-electron chi connectivity index (χ3n) is 6.23. The second-order valence-corrected chi connectivity index (χ2v) is 7.98. The van der Waals surface area contributed by atoms with Gasteiger partial charge in [0.2, 0.25) is 11.8 Å². The van der Waals surface area contributed by atoms with Gasteiger partial charge in [0.1, 0.15) is 0 Å². The van der Waals surface area contributed by atoms with E-state index in [0.717, 1.165) is 25.7 Å². The van der Waals surface area contributed by atoms with Crippen LogP contribution in [0.3, 0.4) is 0 Å². The van der Waals surface area contributed by atoms with E-state index >= 15 is 0 Å². The molecule has 2 amide bonds. The van der Waals surface area contributed by atoms with Crippen LogP contribution in [0.25, 0.3) is 0 Å². The van der Waals surface area contributed by atoms with E-state index in [1.165, 1.54) is 22.3 Å². The third kappa shape index (κ3) is 3.68. The maximum Gasteiger partial charge on any atom is 0.223 e. The number of nitrogens with zero attached hydrogens (tertiary/aromatic N) is 1. The summed E-state index contributed by atoms with van der Waals surface area (Å²) >= 11 is 0. The van der Waals surface area contributed by atoms with Gasteiger partial charge in [0.25, 0.3) is 0 Å². The van der Waals surface area contributed by atoms with Crippen molar-refractivity contribution in [2.45, 2.75) is 63.5 Å². The topological polar surface area (TPSA) is 63.4 Å². The second-order valence-electron chi connectivity index (χ2n) is 7.98. The van der Waals surface area contributed by atoms with E-state index < -0.39 is 0 Å². The number of rotatable bonds is 7. The summed E-state index contributed by atoms with van der Waals surface area (Å²) < 4.78 is 0. The van der Waals surface area contributed by atoms with Gasteiger partial charge in [-0.25, -0.2) is 0 Å². The molecule has 2 aliphatic rings. The first-order valence-corrected chi connectivity index (χ1v) is 10.4.